The molecule has 1 unspecified atom stereocenters. The van der Waals surface area contributed by atoms with Crippen LogP contribution in [-0.4, -0.2) is 16.9 Å². The van der Waals surface area contributed by atoms with Crippen LogP contribution in [0, 0.1) is 17.0 Å². The lowest BCUT2D eigenvalue weighted by atomic mass is 10.2. The number of phosphoric ester groups is 1. The summed E-state index contributed by atoms with van der Waals surface area (Å²) in [6.07, 6.45) is 0. The van der Waals surface area contributed by atoms with Crippen molar-refractivity contribution in [1.82, 2.24) is 0 Å². The zero-order valence-corrected chi connectivity index (χ0v) is 9.51. The SMILES string of the molecule is COP(=O)(O)Oc1ccc([N+](=O)[O-])c(C)c1. The Labute approximate surface area is 91.4 Å². The van der Waals surface area contributed by atoms with Crippen LogP contribution in [0.25, 0.3) is 0 Å². The molecule has 1 aromatic rings. The number of rotatable bonds is 4. The zero-order chi connectivity index (χ0) is 12.3. The Kier molecular flexibility index (Phi) is 3.64. The summed E-state index contributed by atoms with van der Waals surface area (Å²) in [4.78, 5) is 19.0. The highest BCUT2D eigenvalue weighted by Crippen LogP contribution is 2.43. The molecule has 0 fully saturated rings. The van der Waals surface area contributed by atoms with E-state index >= 15 is 0 Å². The number of nitro benzene ring substituents is 1. The van der Waals surface area contributed by atoms with Crippen LogP contribution in [0.1, 0.15) is 5.56 Å². The van der Waals surface area contributed by atoms with Crippen LogP contribution in [-0.2, 0) is 9.09 Å². The molecule has 1 atom stereocenters. The van der Waals surface area contributed by atoms with E-state index < -0.39 is 12.7 Å². The second-order valence-electron chi connectivity index (χ2n) is 2.95. The molecule has 0 spiro atoms. The van der Waals surface area contributed by atoms with Gasteiger partial charge in [-0.1, -0.05) is 0 Å². The Bertz CT molecular complexity index is 460. The van der Waals surface area contributed by atoms with Crippen LogP contribution in [0.15, 0.2) is 18.2 Å². The zero-order valence-electron chi connectivity index (χ0n) is 8.61. The maximum absolute atomic E-state index is 11.1. The van der Waals surface area contributed by atoms with Crippen molar-refractivity contribution < 1.29 is 23.4 Å². The fourth-order valence-corrected chi connectivity index (χ4v) is 1.51. The largest absolute Gasteiger partial charge is 0.527 e. The molecule has 8 heteroatoms. The molecule has 0 amide bonds. The van der Waals surface area contributed by atoms with Gasteiger partial charge >= 0.3 is 7.82 Å². The fourth-order valence-electron chi connectivity index (χ4n) is 1.06. The molecule has 0 aliphatic carbocycles. The molecule has 0 aromatic heterocycles. The summed E-state index contributed by atoms with van der Waals surface area (Å²) < 4.78 is 19.9. The summed E-state index contributed by atoms with van der Waals surface area (Å²) in [5.41, 5.74) is 0.246. The normalized spacial score (nSPS) is 14.2. The van der Waals surface area contributed by atoms with Gasteiger partial charge in [0.05, 0.1) is 4.92 Å². The second-order valence-corrected chi connectivity index (χ2v) is 4.43. The first-order valence-electron chi connectivity index (χ1n) is 4.19. The molecule has 1 aromatic carbocycles. The van der Waals surface area contributed by atoms with Crippen molar-refractivity contribution in [2.24, 2.45) is 0 Å². The highest BCUT2D eigenvalue weighted by Gasteiger charge is 2.21. The summed E-state index contributed by atoms with van der Waals surface area (Å²) in [7, 11) is -3.10. The van der Waals surface area contributed by atoms with Gasteiger partial charge in [0.25, 0.3) is 5.69 Å². The number of nitrogens with zero attached hydrogens (tertiary/aromatic N) is 1. The molecule has 1 rings (SSSR count). The molecule has 88 valence electrons. The number of hydrogen-bond donors (Lipinski definition) is 1. The van der Waals surface area contributed by atoms with Gasteiger partial charge < -0.3 is 4.52 Å². The molecule has 16 heavy (non-hydrogen) atoms. The molecular weight excluding hydrogens is 237 g/mol. The van der Waals surface area contributed by atoms with Gasteiger partial charge in [-0.15, -0.1) is 0 Å². The first-order valence-corrected chi connectivity index (χ1v) is 5.68. The van der Waals surface area contributed by atoms with Crippen LogP contribution in [0.2, 0.25) is 0 Å². The van der Waals surface area contributed by atoms with Gasteiger partial charge in [-0.05, 0) is 19.1 Å². The monoisotopic (exact) mass is 247 g/mol. The highest BCUT2D eigenvalue weighted by molar-refractivity contribution is 7.47. The van der Waals surface area contributed by atoms with Gasteiger partial charge in [0.15, 0.2) is 0 Å². The van der Waals surface area contributed by atoms with E-state index in [1.807, 2.05) is 0 Å². The molecule has 0 saturated heterocycles. The number of nitro groups is 1. The van der Waals surface area contributed by atoms with E-state index in [0.717, 1.165) is 7.11 Å². The molecule has 0 heterocycles. The second kappa shape index (κ2) is 4.61. The fraction of sp³-hybridized carbons (Fsp3) is 0.250. The first-order chi connectivity index (χ1) is 7.35. The van der Waals surface area contributed by atoms with Crippen molar-refractivity contribution in [3.05, 3.63) is 33.9 Å². The lowest BCUT2D eigenvalue weighted by Gasteiger charge is -2.10. The molecule has 0 aliphatic heterocycles. The Hall–Kier alpha value is -1.43. The van der Waals surface area contributed by atoms with E-state index in [2.05, 4.69) is 9.05 Å². The Morgan fingerprint density at radius 1 is 1.50 bits per heavy atom. The highest BCUT2D eigenvalue weighted by atomic mass is 31.2. The minimum Gasteiger partial charge on any atom is -0.404 e. The smallest absolute Gasteiger partial charge is 0.404 e. The predicted molar refractivity (Wildman–Crippen MR) is 55.3 cm³/mol. The van der Waals surface area contributed by atoms with Crippen LogP contribution >= 0.6 is 7.82 Å². The number of benzene rings is 1. The minimum absolute atomic E-state index is 0.0378. The van der Waals surface area contributed by atoms with E-state index in [1.54, 1.807) is 0 Å². The molecule has 0 radical (unpaired) electrons. The van der Waals surface area contributed by atoms with Crippen molar-refractivity contribution in [1.29, 1.82) is 0 Å². The number of phosphoric acid groups is 1. The van der Waals surface area contributed by atoms with Gasteiger partial charge in [0.1, 0.15) is 5.75 Å². The first kappa shape index (κ1) is 12.6. The molecule has 0 saturated carbocycles. The summed E-state index contributed by atoms with van der Waals surface area (Å²) >= 11 is 0. The van der Waals surface area contributed by atoms with Gasteiger partial charge in [-0.25, -0.2) is 4.57 Å². The molecular formula is C8H10NO6P. The summed E-state index contributed by atoms with van der Waals surface area (Å²) in [5, 5.41) is 10.5. The summed E-state index contributed by atoms with van der Waals surface area (Å²) in [6.45, 7) is 1.50. The average Bonchev–Trinajstić information content (AvgIpc) is 2.16. The Balaban J connectivity index is 2.98. The Morgan fingerprint density at radius 2 is 2.12 bits per heavy atom. The lowest BCUT2D eigenvalue weighted by molar-refractivity contribution is -0.385. The van der Waals surface area contributed by atoms with Crippen molar-refractivity contribution in [3.63, 3.8) is 0 Å². The van der Waals surface area contributed by atoms with Gasteiger partial charge in [0.2, 0.25) is 0 Å². The van der Waals surface area contributed by atoms with E-state index in [9.17, 15) is 14.7 Å². The molecule has 1 N–H and O–H groups in total. The third-order valence-corrected chi connectivity index (χ3v) is 2.72. The van der Waals surface area contributed by atoms with Crippen molar-refractivity contribution in [2.45, 2.75) is 6.92 Å². The number of hydrogen-bond acceptors (Lipinski definition) is 5. The van der Waals surface area contributed by atoms with Crippen molar-refractivity contribution in [3.8, 4) is 5.75 Å². The maximum Gasteiger partial charge on any atom is 0.527 e. The number of aryl methyl sites for hydroxylation is 1. The van der Waals surface area contributed by atoms with Gasteiger partial charge in [0, 0.05) is 18.7 Å². The lowest BCUT2D eigenvalue weighted by Crippen LogP contribution is -1.96. The van der Waals surface area contributed by atoms with Crippen molar-refractivity contribution in [2.75, 3.05) is 7.11 Å². The van der Waals surface area contributed by atoms with Crippen molar-refractivity contribution >= 4 is 13.5 Å². The third kappa shape index (κ3) is 3.03. The summed E-state index contributed by atoms with van der Waals surface area (Å²) in [6, 6.07) is 3.72. The maximum atomic E-state index is 11.1. The van der Waals surface area contributed by atoms with Crippen LogP contribution in [0.4, 0.5) is 5.69 Å². The third-order valence-electron chi connectivity index (χ3n) is 1.82. The molecule has 0 bridgehead atoms. The van der Waals surface area contributed by atoms with Crippen LogP contribution in [0.3, 0.4) is 0 Å². The minimum atomic E-state index is -4.12. The van der Waals surface area contributed by atoms with E-state index in [4.69, 9.17) is 4.89 Å². The Morgan fingerprint density at radius 3 is 2.56 bits per heavy atom. The van der Waals surface area contributed by atoms with E-state index in [0.29, 0.717) is 5.56 Å². The predicted octanol–water partition coefficient (Wildman–Crippen LogP) is 2.03. The quantitative estimate of drug-likeness (QED) is 0.496. The standard InChI is InChI=1S/C8H10NO6P/c1-6-5-7(15-16(12,13)14-2)3-4-8(6)9(10)11/h3-5H,1-2H3,(H,12,13). The molecule has 7 nitrogen and oxygen atoms in total. The van der Waals surface area contributed by atoms with E-state index in [-0.39, 0.29) is 11.4 Å². The van der Waals surface area contributed by atoms with Gasteiger partial charge in [-0.3, -0.25) is 19.5 Å². The molecule has 0 aliphatic rings. The topological polar surface area (TPSA) is 98.9 Å². The van der Waals surface area contributed by atoms with Crippen LogP contribution in [0.5, 0.6) is 5.75 Å². The van der Waals surface area contributed by atoms with E-state index in [1.165, 1.54) is 25.1 Å². The van der Waals surface area contributed by atoms with Crippen LogP contribution < -0.4 is 4.52 Å². The van der Waals surface area contributed by atoms with Gasteiger partial charge in [-0.2, -0.15) is 0 Å². The summed E-state index contributed by atoms with van der Waals surface area (Å²) in [5.74, 6) is 0.0378. The average molecular weight is 247 g/mol.